The third kappa shape index (κ3) is 2.03. The highest BCUT2D eigenvalue weighted by Gasteiger charge is 2.38. The van der Waals surface area contributed by atoms with Crippen molar-refractivity contribution in [3.63, 3.8) is 0 Å². The summed E-state index contributed by atoms with van der Waals surface area (Å²) >= 11 is 0. The molecule has 0 saturated heterocycles. The number of hydrogen-bond donors (Lipinski definition) is 1. The molecule has 0 heterocycles. The van der Waals surface area contributed by atoms with Crippen LogP contribution in [0.3, 0.4) is 0 Å². The van der Waals surface area contributed by atoms with E-state index in [2.05, 4.69) is 24.4 Å². The van der Waals surface area contributed by atoms with Gasteiger partial charge in [-0.05, 0) is 35.2 Å². The van der Waals surface area contributed by atoms with Crippen LogP contribution in [0.25, 0.3) is 10.8 Å². The third-order valence-corrected chi connectivity index (χ3v) is 3.46. The third-order valence-electron chi connectivity index (χ3n) is 3.46. The second-order valence-electron chi connectivity index (χ2n) is 4.87. The molecule has 0 radical (unpaired) electrons. The molecule has 3 rings (SSSR count). The normalized spacial score (nSPS) is 22.4. The second-order valence-corrected chi connectivity index (χ2v) is 4.87. The summed E-state index contributed by atoms with van der Waals surface area (Å²) in [6.07, 6.45) is 1.03. The van der Waals surface area contributed by atoms with Gasteiger partial charge in [0.15, 0.2) is 0 Å². The zero-order valence-electron chi connectivity index (χ0n) is 9.81. The molecule has 0 unspecified atom stereocenters. The number of rotatable bonds is 2. The van der Waals surface area contributed by atoms with Gasteiger partial charge in [0.1, 0.15) is 0 Å². The van der Waals surface area contributed by atoms with Crippen molar-refractivity contribution in [2.24, 2.45) is 11.8 Å². The van der Waals surface area contributed by atoms with E-state index in [4.69, 9.17) is 0 Å². The predicted molar refractivity (Wildman–Crippen MR) is 69.8 cm³/mol. The van der Waals surface area contributed by atoms with Gasteiger partial charge >= 0.3 is 0 Å². The summed E-state index contributed by atoms with van der Waals surface area (Å²) in [4.78, 5) is 11.8. The number of anilines is 1. The smallest absolute Gasteiger partial charge is 0.227 e. The molecule has 0 aromatic heterocycles. The van der Waals surface area contributed by atoms with Gasteiger partial charge < -0.3 is 5.32 Å². The van der Waals surface area contributed by atoms with Crippen LogP contribution in [0.15, 0.2) is 42.5 Å². The molecule has 2 aromatic rings. The van der Waals surface area contributed by atoms with E-state index in [-0.39, 0.29) is 11.8 Å². The van der Waals surface area contributed by atoms with Crippen molar-refractivity contribution in [1.82, 2.24) is 0 Å². The maximum absolute atomic E-state index is 11.8. The first kappa shape index (κ1) is 10.3. The Kier molecular flexibility index (Phi) is 2.36. The van der Waals surface area contributed by atoms with Crippen LogP contribution in [0.4, 0.5) is 5.69 Å². The van der Waals surface area contributed by atoms with E-state index < -0.39 is 0 Å². The summed E-state index contributed by atoms with van der Waals surface area (Å²) < 4.78 is 0. The lowest BCUT2D eigenvalue weighted by Gasteiger charge is -2.05. The monoisotopic (exact) mass is 225 g/mol. The molecule has 0 aliphatic heterocycles. The maximum atomic E-state index is 11.8. The van der Waals surface area contributed by atoms with Gasteiger partial charge in [-0.3, -0.25) is 4.79 Å². The molecule has 2 nitrogen and oxygen atoms in total. The van der Waals surface area contributed by atoms with Gasteiger partial charge in [0, 0.05) is 11.6 Å². The fraction of sp³-hybridized carbons (Fsp3) is 0.267. The van der Waals surface area contributed by atoms with Gasteiger partial charge in [0.2, 0.25) is 5.91 Å². The van der Waals surface area contributed by atoms with Crippen LogP contribution in [-0.2, 0) is 4.79 Å². The van der Waals surface area contributed by atoms with Crippen LogP contribution in [0.5, 0.6) is 0 Å². The average Bonchev–Trinajstić information content (AvgIpc) is 3.06. The van der Waals surface area contributed by atoms with E-state index in [1.165, 1.54) is 5.39 Å². The van der Waals surface area contributed by atoms with E-state index in [1.54, 1.807) is 0 Å². The summed E-state index contributed by atoms with van der Waals surface area (Å²) in [6, 6.07) is 14.2. The number of benzene rings is 2. The minimum absolute atomic E-state index is 0.160. The van der Waals surface area contributed by atoms with Crippen molar-refractivity contribution in [2.45, 2.75) is 13.3 Å². The molecule has 86 valence electrons. The highest BCUT2D eigenvalue weighted by molar-refractivity contribution is 5.96. The zero-order valence-corrected chi connectivity index (χ0v) is 9.81. The van der Waals surface area contributed by atoms with E-state index in [9.17, 15) is 4.79 Å². The molecular weight excluding hydrogens is 210 g/mol. The molecule has 1 amide bonds. The first-order valence-corrected chi connectivity index (χ1v) is 6.04. The molecule has 1 aliphatic carbocycles. The van der Waals surface area contributed by atoms with Crippen LogP contribution >= 0.6 is 0 Å². The highest BCUT2D eigenvalue weighted by atomic mass is 16.2. The Morgan fingerprint density at radius 3 is 2.59 bits per heavy atom. The fourth-order valence-electron chi connectivity index (χ4n) is 2.19. The molecule has 17 heavy (non-hydrogen) atoms. The zero-order chi connectivity index (χ0) is 11.8. The lowest BCUT2D eigenvalue weighted by atomic mass is 10.1. The quantitative estimate of drug-likeness (QED) is 0.833. The van der Waals surface area contributed by atoms with Crippen molar-refractivity contribution in [2.75, 3.05) is 5.32 Å². The Labute approximate surface area is 101 Å². The van der Waals surface area contributed by atoms with Gasteiger partial charge in [0.25, 0.3) is 0 Å². The molecule has 1 aliphatic rings. The SMILES string of the molecule is C[C@H]1C[C@@H]1C(=O)Nc1ccc2ccccc2c1. The van der Waals surface area contributed by atoms with Crippen molar-refractivity contribution in [1.29, 1.82) is 0 Å². The van der Waals surface area contributed by atoms with Gasteiger partial charge in [-0.1, -0.05) is 37.3 Å². The number of nitrogens with one attached hydrogen (secondary N) is 1. The van der Waals surface area contributed by atoms with Crippen molar-refractivity contribution in [3.05, 3.63) is 42.5 Å². The summed E-state index contributed by atoms with van der Waals surface area (Å²) in [5, 5.41) is 5.35. The fourth-order valence-corrected chi connectivity index (χ4v) is 2.19. The molecule has 2 heteroatoms. The van der Waals surface area contributed by atoms with Crippen LogP contribution in [-0.4, -0.2) is 5.91 Å². The lowest BCUT2D eigenvalue weighted by Crippen LogP contribution is -2.14. The lowest BCUT2D eigenvalue weighted by molar-refractivity contribution is -0.117. The minimum Gasteiger partial charge on any atom is -0.326 e. The summed E-state index contributed by atoms with van der Waals surface area (Å²) in [5.41, 5.74) is 0.896. The van der Waals surface area contributed by atoms with Crippen molar-refractivity contribution >= 4 is 22.4 Å². The summed E-state index contributed by atoms with van der Waals surface area (Å²) in [6.45, 7) is 2.12. The highest BCUT2D eigenvalue weighted by Crippen LogP contribution is 2.38. The van der Waals surface area contributed by atoms with E-state index in [0.717, 1.165) is 17.5 Å². The number of hydrogen-bond acceptors (Lipinski definition) is 1. The van der Waals surface area contributed by atoms with Crippen molar-refractivity contribution < 1.29 is 4.79 Å². The average molecular weight is 225 g/mol. The molecule has 1 fully saturated rings. The first-order chi connectivity index (χ1) is 8.24. The molecule has 2 atom stereocenters. The molecule has 1 N–H and O–H groups in total. The molecule has 0 spiro atoms. The summed E-state index contributed by atoms with van der Waals surface area (Å²) in [7, 11) is 0. The second kappa shape index (κ2) is 3.88. The largest absolute Gasteiger partial charge is 0.326 e. The summed E-state index contributed by atoms with van der Waals surface area (Å²) in [5.74, 6) is 0.935. The molecular formula is C15H15NO. The number of carbonyl (C=O) groups is 1. The molecule has 0 bridgehead atoms. The Morgan fingerprint density at radius 1 is 1.18 bits per heavy atom. The van der Waals surface area contributed by atoms with E-state index >= 15 is 0 Å². The van der Waals surface area contributed by atoms with E-state index in [1.807, 2.05) is 30.3 Å². The van der Waals surface area contributed by atoms with Crippen LogP contribution in [0, 0.1) is 11.8 Å². The topological polar surface area (TPSA) is 29.1 Å². The van der Waals surface area contributed by atoms with Crippen LogP contribution in [0.1, 0.15) is 13.3 Å². The Morgan fingerprint density at radius 2 is 1.88 bits per heavy atom. The number of amides is 1. The predicted octanol–water partition coefficient (Wildman–Crippen LogP) is 3.43. The van der Waals surface area contributed by atoms with Gasteiger partial charge in [0.05, 0.1) is 0 Å². The first-order valence-electron chi connectivity index (χ1n) is 6.04. The van der Waals surface area contributed by atoms with E-state index in [0.29, 0.717) is 5.92 Å². The van der Waals surface area contributed by atoms with Crippen LogP contribution in [0.2, 0.25) is 0 Å². The standard InChI is InChI=1S/C15H15NO/c1-10-8-14(10)15(17)16-13-7-6-11-4-2-3-5-12(11)9-13/h2-7,9-10,14H,8H2,1H3,(H,16,17)/t10-,14-/m0/s1. The minimum atomic E-state index is 0.160. The maximum Gasteiger partial charge on any atom is 0.227 e. The Bertz CT molecular complexity index is 576. The Hall–Kier alpha value is -1.83. The van der Waals surface area contributed by atoms with Crippen molar-refractivity contribution in [3.8, 4) is 0 Å². The van der Waals surface area contributed by atoms with Gasteiger partial charge in [-0.25, -0.2) is 0 Å². The molecule has 2 aromatic carbocycles. The van der Waals surface area contributed by atoms with Crippen LogP contribution < -0.4 is 5.32 Å². The molecule has 1 saturated carbocycles. The van der Waals surface area contributed by atoms with Gasteiger partial charge in [-0.2, -0.15) is 0 Å². The Balaban J connectivity index is 1.83. The number of carbonyl (C=O) groups excluding carboxylic acids is 1. The van der Waals surface area contributed by atoms with Gasteiger partial charge in [-0.15, -0.1) is 0 Å². The number of fused-ring (bicyclic) bond motifs is 1.